The standard InChI is InChI=1S/C8H14N2O/c1-2-3-4-5-7-6-11-8(9)10-7/h6H,2-5H2,1H3,(H2,9,10). The van der Waals surface area contributed by atoms with Crippen molar-refractivity contribution in [3.05, 3.63) is 12.0 Å². The number of nitrogen functional groups attached to an aromatic ring is 1. The molecule has 0 aromatic carbocycles. The molecule has 62 valence electrons. The molecular formula is C8H14N2O. The van der Waals surface area contributed by atoms with Crippen molar-refractivity contribution in [1.29, 1.82) is 0 Å². The summed E-state index contributed by atoms with van der Waals surface area (Å²) in [4.78, 5) is 3.99. The van der Waals surface area contributed by atoms with E-state index in [1.54, 1.807) is 6.26 Å². The Labute approximate surface area is 66.6 Å². The summed E-state index contributed by atoms with van der Waals surface area (Å²) in [7, 11) is 0. The van der Waals surface area contributed by atoms with Gasteiger partial charge in [0.2, 0.25) is 0 Å². The molecule has 0 unspecified atom stereocenters. The lowest BCUT2D eigenvalue weighted by molar-refractivity contribution is 0.577. The highest BCUT2D eigenvalue weighted by molar-refractivity contribution is 5.12. The second kappa shape index (κ2) is 4.01. The van der Waals surface area contributed by atoms with Crippen LogP contribution in [0.1, 0.15) is 31.9 Å². The molecule has 0 saturated heterocycles. The van der Waals surface area contributed by atoms with Gasteiger partial charge in [0.15, 0.2) is 0 Å². The molecule has 0 amide bonds. The predicted octanol–water partition coefficient (Wildman–Crippen LogP) is 1.99. The van der Waals surface area contributed by atoms with E-state index < -0.39 is 0 Å². The predicted molar refractivity (Wildman–Crippen MR) is 44.1 cm³/mol. The first-order chi connectivity index (χ1) is 5.33. The zero-order chi connectivity index (χ0) is 8.10. The molecular weight excluding hydrogens is 140 g/mol. The normalized spacial score (nSPS) is 10.3. The molecule has 0 bridgehead atoms. The van der Waals surface area contributed by atoms with Gasteiger partial charge in [-0.15, -0.1) is 0 Å². The summed E-state index contributed by atoms with van der Waals surface area (Å²) in [6, 6.07) is 0.275. The molecule has 0 aliphatic rings. The second-order valence-electron chi connectivity index (χ2n) is 2.63. The maximum atomic E-state index is 5.31. The Hall–Kier alpha value is -0.990. The maximum absolute atomic E-state index is 5.31. The number of anilines is 1. The van der Waals surface area contributed by atoms with E-state index in [0.29, 0.717) is 0 Å². The van der Waals surface area contributed by atoms with E-state index in [9.17, 15) is 0 Å². The summed E-state index contributed by atoms with van der Waals surface area (Å²) < 4.78 is 4.86. The van der Waals surface area contributed by atoms with Crippen LogP contribution in [0, 0.1) is 0 Å². The van der Waals surface area contributed by atoms with Crippen molar-refractivity contribution in [3.8, 4) is 0 Å². The van der Waals surface area contributed by atoms with E-state index in [1.165, 1.54) is 19.3 Å². The van der Waals surface area contributed by atoms with Gasteiger partial charge in [-0.3, -0.25) is 0 Å². The summed E-state index contributed by atoms with van der Waals surface area (Å²) in [6.45, 7) is 2.18. The van der Waals surface area contributed by atoms with Crippen LogP contribution in [0.2, 0.25) is 0 Å². The van der Waals surface area contributed by atoms with Gasteiger partial charge in [-0.05, 0) is 12.8 Å². The Balaban J connectivity index is 2.27. The number of aromatic nitrogens is 1. The zero-order valence-corrected chi connectivity index (χ0v) is 6.84. The van der Waals surface area contributed by atoms with E-state index in [-0.39, 0.29) is 6.01 Å². The van der Waals surface area contributed by atoms with E-state index in [2.05, 4.69) is 11.9 Å². The third-order valence-corrected chi connectivity index (χ3v) is 1.61. The Morgan fingerprint density at radius 2 is 2.36 bits per heavy atom. The van der Waals surface area contributed by atoms with Gasteiger partial charge < -0.3 is 10.2 Å². The average molecular weight is 154 g/mol. The van der Waals surface area contributed by atoms with E-state index in [0.717, 1.165) is 12.1 Å². The Kier molecular flexibility index (Phi) is 2.95. The highest BCUT2D eigenvalue weighted by Crippen LogP contribution is 2.07. The van der Waals surface area contributed by atoms with Crippen LogP contribution in [-0.2, 0) is 6.42 Å². The van der Waals surface area contributed by atoms with Gasteiger partial charge in [0.25, 0.3) is 6.01 Å². The molecule has 2 N–H and O–H groups in total. The lowest BCUT2D eigenvalue weighted by Gasteiger charge is -1.92. The summed E-state index contributed by atoms with van der Waals surface area (Å²) in [6.07, 6.45) is 6.25. The molecule has 0 spiro atoms. The molecule has 1 rings (SSSR count). The molecule has 1 aromatic heterocycles. The van der Waals surface area contributed by atoms with Crippen molar-refractivity contribution in [2.75, 3.05) is 5.73 Å². The third-order valence-electron chi connectivity index (χ3n) is 1.61. The van der Waals surface area contributed by atoms with Crippen molar-refractivity contribution < 1.29 is 4.42 Å². The maximum Gasteiger partial charge on any atom is 0.292 e. The lowest BCUT2D eigenvalue weighted by atomic mass is 10.2. The summed E-state index contributed by atoms with van der Waals surface area (Å²) >= 11 is 0. The molecule has 1 aromatic rings. The summed E-state index contributed by atoms with van der Waals surface area (Å²) in [5.74, 6) is 0. The van der Waals surface area contributed by atoms with Crippen molar-refractivity contribution in [2.45, 2.75) is 32.6 Å². The first-order valence-electron chi connectivity index (χ1n) is 4.03. The summed E-state index contributed by atoms with van der Waals surface area (Å²) in [5.41, 5.74) is 6.27. The fourth-order valence-electron chi connectivity index (χ4n) is 0.994. The van der Waals surface area contributed by atoms with Crippen LogP contribution in [0.15, 0.2) is 10.7 Å². The lowest BCUT2D eigenvalue weighted by Crippen LogP contribution is -1.87. The SMILES string of the molecule is CCCCCc1coc(N)n1. The summed E-state index contributed by atoms with van der Waals surface area (Å²) in [5, 5.41) is 0. The number of hydrogen-bond acceptors (Lipinski definition) is 3. The smallest absolute Gasteiger partial charge is 0.292 e. The zero-order valence-electron chi connectivity index (χ0n) is 6.84. The first kappa shape index (κ1) is 8.11. The highest BCUT2D eigenvalue weighted by Gasteiger charge is 1.98. The number of rotatable bonds is 4. The van der Waals surface area contributed by atoms with Gasteiger partial charge in [-0.25, -0.2) is 0 Å². The minimum absolute atomic E-state index is 0.275. The number of nitrogens with zero attached hydrogens (tertiary/aromatic N) is 1. The van der Waals surface area contributed by atoms with Crippen LogP contribution in [0.5, 0.6) is 0 Å². The molecule has 0 fully saturated rings. The third kappa shape index (κ3) is 2.62. The second-order valence-corrected chi connectivity index (χ2v) is 2.63. The average Bonchev–Trinajstić information content (AvgIpc) is 2.37. The van der Waals surface area contributed by atoms with Gasteiger partial charge in [0.1, 0.15) is 6.26 Å². The van der Waals surface area contributed by atoms with Crippen LogP contribution in [-0.4, -0.2) is 4.98 Å². The topological polar surface area (TPSA) is 52.0 Å². The first-order valence-corrected chi connectivity index (χ1v) is 4.03. The van der Waals surface area contributed by atoms with E-state index in [4.69, 9.17) is 10.2 Å². The van der Waals surface area contributed by atoms with E-state index >= 15 is 0 Å². The van der Waals surface area contributed by atoms with Gasteiger partial charge in [0, 0.05) is 0 Å². The monoisotopic (exact) mass is 154 g/mol. The Bertz CT molecular complexity index is 208. The fourth-order valence-corrected chi connectivity index (χ4v) is 0.994. The van der Waals surface area contributed by atoms with Crippen LogP contribution in [0.25, 0.3) is 0 Å². The van der Waals surface area contributed by atoms with E-state index in [1.807, 2.05) is 0 Å². The molecule has 3 heteroatoms. The quantitative estimate of drug-likeness (QED) is 0.675. The number of aryl methyl sites for hydroxylation is 1. The minimum Gasteiger partial charge on any atom is -0.432 e. The van der Waals surface area contributed by atoms with Crippen LogP contribution < -0.4 is 5.73 Å². The molecule has 3 nitrogen and oxygen atoms in total. The van der Waals surface area contributed by atoms with Gasteiger partial charge in [-0.2, -0.15) is 4.98 Å². The number of oxazole rings is 1. The molecule has 11 heavy (non-hydrogen) atoms. The van der Waals surface area contributed by atoms with Gasteiger partial charge >= 0.3 is 0 Å². The molecule has 0 radical (unpaired) electrons. The van der Waals surface area contributed by atoms with Crippen LogP contribution in [0.3, 0.4) is 0 Å². The van der Waals surface area contributed by atoms with Crippen molar-refractivity contribution in [2.24, 2.45) is 0 Å². The fraction of sp³-hybridized carbons (Fsp3) is 0.625. The van der Waals surface area contributed by atoms with Crippen molar-refractivity contribution in [3.63, 3.8) is 0 Å². The molecule has 1 heterocycles. The minimum atomic E-state index is 0.275. The largest absolute Gasteiger partial charge is 0.432 e. The molecule has 0 atom stereocenters. The highest BCUT2D eigenvalue weighted by atomic mass is 16.4. The van der Waals surface area contributed by atoms with Crippen LogP contribution >= 0.6 is 0 Å². The number of hydrogen-bond donors (Lipinski definition) is 1. The van der Waals surface area contributed by atoms with Crippen LogP contribution in [0.4, 0.5) is 6.01 Å². The van der Waals surface area contributed by atoms with Gasteiger partial charge in [-0.1, -0.05) is 19.8 Å². The van der Waals surface area contributed by atoms with Crippen molar-refractivity contribution >= 4 is 6.01 Å². The number of nitrogens with two attached hydrogens (primary N) is 1. The van der Waals surface area contributed by atoms with Gasteiger partial charge in [0.05, 0.1) is 5.69 Å². The molecule has 0 aliphatic carbocycles. The molecule has 0 saturated carbocycles. The Morgan fingerprint density at radius 1 is 1.55 bits per heavy atom. The Morgan fingerprint density at radius 3 is 2.91 bits per heavy atom. The number of unbranched alkanes of at least 4 members (excludes halogenated alkanes) is 2. The molecule has 0 aliphatic heterocycles. The van der Waals surface area contributed by atoms with Crippen molar-refractivity contribution in [1.82, 2.24) is 4.98 Å².